The highest BCUT2D eigenvalue weighted by molar-refractivity contribution is 5.76. The van der Waals surface area contributed by atoms with E-state index < -0.39 is 0 Å². The number of rotatable bonds is 5. The molecule has 0 aliphatic carbocycles. The van der Waals surface area contributed by atoms with E-state index in [4.69, 9.17) is 4.74 Å². The first kappa shape index (κ1) is 18.1. The Morgan fingerprint density at radius 3 is 2.23 bits per heavy atom. The summed E-state index contributed by atoms with van der Waals surface area (Å²) < 4.78 is 5.10. The van der Waals surface area contributed by atoms with Crippen LogP contribution in [-0.2, 0) is 0 Å². The Labute approximate surface area is 133 Å². The Morgan fingerprint density at radius 2 is 1.73 bits per heavy atom. The van der Waals surface area contributed by atoms with Crippen molar-refractivity contribution >= 4 is 12.1 Å². The SMILES string of the molecule is COc1ccc(/C=C/NC(=O)NC(C)(C)CC(C)(C)C)cc1. The molecule has 1 aromatic carbocycles. The van der Waals surface area contributed by atoms with Crippen LogP contribution in [0, 0.1) is 5.41 Å². The maximum atomic E-state index is 11.9. The Bertz CT molecular complexity index is 511. The second kappa shape index (κ2) is 7.34. The molecule has 1 rings (SSSR count). The number of carbonyl (C=O) groups is 1. The number of hydrogen-bond donors (Lipinski definition) is 2. The molecule has 0 aliphatic rings. The van der Waals surface area contributed by atoms with Crippen LogP contribution in [0.2, 0.25) is 0 Å². The van der Waals surface area contributed by atoms with Gasteiger partial charge < -0.3 is 15.4 Å². The Morgan fingerprint density at radius 1 is 1.14 bits per heavy atom. The van der Waals surface area contributed by atoms with Crippen LogP contribution in [0.4, 0.5) is 4.79 Å². The number of carbonyl (C=O) groups excluding carboxylic acids is 1. The van der Waals surface area contributed by atoms with Crippen LogP contribution in [0.1, 0.15) is 46.6 Å². The highest BCUT2D eigenvalue weighted by Crippen LogP contribution is 2.26. The van der Waals surface area contributed by atoms with Gasteiger partial charge in [0.1, 0.15) is 5.75 Å². The van der Waals surface area contributed by atoms with Crippen LogP contribution in [0.15, 0.2) is 30.5 Å². The molecule has 4 nitrogen and oxygen atoms in total. The van der Waals surface area contributed by atoms with Gasteiger partial charge in [0.25, 0.3) is 0 Å². The third kappa shape index (κ3) is 7.16. The summed E-state index contributed by atoms with van der Waals surface area (Å²) in [6.07, 6.45) is 4.38. The minimum absolute atomic E-state index is 0.162. The maximum absolute atomic E-state index is 11.9. The molecule has 0 radical (unpaired) electrons. The number of methoxy groups -OCH3 is 1. The van der Waals surface area contributed by atoms with Crippen molar-refractivity contribution in [3.05, 3.63) is 36.0 Å². The van der Waals surface area contributed by atoms with Crippen molar-refractivity contribution in [2.75, 3.05) is 7.11 Å². The molecule has 2 amide bonds. The van der Waals surface area contributed by atoms with Crippen molar-refractivity contribution in [3.8, 4) is 5.75 Å². The average molecular weight is 304 g/mol. The second-order valence-corrected chi connectivity index (χ2v) is 7.33. The van der Waals surface area contributed by atoms with E-state index in [9.17, 15) is 4.79 Å². The molecule has 4 heteroatoms. The topological polar surface area (TPSA) is 50.4 Å². The van der Waals surface area contributed by atoms with E-state index in [1.165, 1.54) is 0 Å². The summed E-state index contributed by atoms with van der Waals surface area (Å²) in [4.78, 5) is 11.9. The predicted octanol–water partition coefficient (Wildman–Crippen LogP) is 4.18. The predicted molar refractivity (Wildman–Crippen MR) is 91.8 cm³/mol. The summed E-state index contributed by atoms with van der Waals surface area (Å²) in [5.74, 6) is 0.812. The molecule has 0 bridgehead atoms. The molecule has 0 aromatic heterocycles. The van der Waals surface area contributed by atoms with Crippen LogP contribution in [0.3, 0.4) is 0 Å². The quantitative estimate of drug-likeness (QED) is 0.857. The molecule has 0 saturated carbocycles. The van der Waals surface area contributed by atoms with Crippen molar-refractivity contribution in [2.45, 2.75) is 46.6 Å². The molecule has 0 atom stereocenters. The molecular weight excluding hydrogens is 276 g/mol. The lowest BCUT2D eigenvalue weighted by atomic mass is 9.82. The van der Waals surface area contributed by atoms with E-state index in [-0.39, 0.29) is 17.0 Å². The van der Waals surface area contributed by atoms with Crippen LogP contribution in [0.5, 0.6) is 5.75 Å². The molecule has 0 heterocycles. The summed E-state index contributed by atoms with van der Waals surface area (Å²) in [6.45, 7) is 10.6. The van der Waals surface area contributed by atoms with Crippen LogP contribution < -0.4 is 15.4 Å². The summed E-state index contributed by atoms with van der Waals surface area (Å²) in [7, 11) is 1.63. The van der Waals surface area contributed by atoms with Gasteiger partial charge in [-0.1, -0.05) is 32.9 Å². The Hall–Kier alpha value is -1.97. The molecule has 0 saturated heterocycles. The summed E-state index contributed by atoms with van der Waals surface area (Å²) in [5, 5.41) is 5.74. The Balaban J connectivity index is 2.49. The number of benzene rings is 1. The van der Waals surface area contributed by atoms with E-state index in [1.54, 1.807) is 13.3 Å². The summed E-state index contributed by atoms with van der Waals surface area (Å²) in [6, 6.07) is 7.42. The van der Waals surface area contributed by atoms with E-state index in [1.807, 2.05) is 44.2 Å². The number of nitrogens with one attached hydrogen (secondary N) is 2. The molecular formula is C18H28N2O2. The fourth-order valence-electron chi connectivity index (χ4n) is 2.64. The van der Waals surface area contributed by atoms with Gasteiger partial charge in [-0.05, 0) is 49.5 Å². The van der Waals surface area contributed by atoms with Crippen LogP contribution in [0.25, 0.3) is 6.08 Å². The van der Waals surface area contributed by atoms with Crippen molar-refractivity contribution in [2.24, 2.45) is 5.41 Å². The van der Waals surface area contributed by atoms with E-state index in [2.05, 4.69) is 31.4 Å². The molecule has 122 valence electrons. The molecule has 22 heavy (non-hydrogen) atoms. The zero-order valence-electron chi connectivity index (χ0n) is 14.5. The minimum Gasteiger partial charge on any atom is -0.497 e. The minimum atomic E-state index is -0.254. The normalized spacial score (nSPS) is 12.3. The standard InChI is InChI=1S/C18H28N2O2/c1-17(2,3)13-18(4,5)20-16(21)19-12-11-14-7-9-15(22-6)10-8-14/h7-12H,13H2,1-6H3,(H2,19,20,21)/b12-11+. The van der Waals surface area contributed by atoms with Gasteiger partial charge in [-0.3, -0.25) is 0 Å². The highest BCUT2D eigenvalue weighted by atomic mass is 16.5. The third-order valence-electron chi connectivity index (χ3n) is 3.03. The molecule has 2 N–H and O–H groups in total. The first-order valence-electron chi connectivity index (χ1n) is 7.51. The van der Waals surface area contributed by atoms with E-state index in [0.29, 0.717) is 0 Å². The summed E-state index contributed by atoms with van der Waals surface area (Å²) >= 11 is 0. The van der Waals surface area contributed by atoms with Crippen molar-refractivity contribution < 1.29 is 9.53 Å². The average Bonchev–Trinajstić information content (AvgIpc) is 2.35. The molecule has 0 unspecified atom stereocenters. The molecule has 0 aliphatic heterocycles. The highest BCUT2D eigenvalue weighted by Gasteiger charge is 2.26. The molecule has 0 spiro atoms. The number of ether oxygens (including phenoxy) is 1. The first-order chi connectivity index (χ1) is 10.1. The lowest BCUT2D eigenvalue weighted by Gasteiger charge is -2.33. The zero-order chi connectivity index (χ0) is 16.8. The lowest BCUT2D eigenvalue weighted by molar-refractivity contribution is 0.213. The van der Waals surface area contributed by atoms with Crippen LogP contribution >= 0.6 is 0 Å². The third-order valence-corrected chi connectivity index (χ3v) is 3.03. The van der Waals surface area contributed by atoms with Gasteiger partial charge in [0.15, 0.2) is 0 Å². The zero-order valence-corrected chi connectivity index (χ0v) is 14.5. The number of urea groups is 1. The lowest BCUT2D eigenvalue weighted by Crippen LogP contribution is -2.48. The fourth-order valence-corrected chi connectivity index (χ4v) is 2.64. The molecule has 0 fully saturated rings. The van der Waals surface area contributed by atoms with Crippen molar-refractivity contribution in [3.63, 3.8) is 0 Å². The van der Waals surface area contributed by atoms with Gasteiger partial charge in [0.2, 0.25) is 0 Å². The Kier molecular flexibility index (Phi) is 6.03. The van der Waals surface area contributed by atoms with E-state index in [0.717, 1.165) is 17.7 Å². The second-order valence-electron chi connectivity index (χ2n) is 7.33. The summed E-state index contributed by atoms with van der Waals surface area (Å²) in [5.41, 5.74) is 0.904. The smallest absolute Gasteiger partial charge is 0.319 e. The fraction of sp³-hybridized carbons (Fsp3) is 0.500. The number of amides is 2. The van der Waals surface area contributed by atoms with E-state index >= 15 is 0 Å². The largest absolute Gasteiger partial charge is 0.497 e. The number of hydrogen-bond acceptors (Lipinski definition) is 2. The van der Waals surface area contributed by atoms with Gasteiger partial charge in [-0.15, -0.1) is 0 Å². The van der Waals surface area contributed by atoms with Crippen molar-refractivity contribution in [1.29, 1.82) is 0 Å². The molecule has 1 aromatic rings. The van der Waals surface area contributed by atoms with Gasteiger partial charge in [-0.25, -0.2) is 4.79 Å². The van der Waals surface area contributed by atoms with Gasteiger partial charge in [-0.2, -0.15) is 0 Å². The first-order valence-corrected chi connectivity index (χ1v) is 7.51. The van der Waals surface area contributed by atoms with Gasteiger partial charge in [0.05, 0.1) is 7.11 Å². The van der Waals surface area contributed by atoms with Crippen molar-refractivity contribution in [1.82, 2.24) is 10.6 Å². The maximum Gasteiger partial charge on any atom is 0.319 e. The van der Waals surface area contributed by atoms with Gasteiger partial charge >= 0.3 is 6.03 Å². The van der Waals surface area contributed by atoms with Crippen LogP contribution in [-0.4, -0.2) is 18.7 Å². The monoisotopic (exact) mass is 304 g/mol. The van der Waals surface area contributed by atoms with Gasteiger partial charge in [0, 0.05) is 11.7 Å².